The van der Waals surface area contributed by atoms with Crippen molar-refractivity contribution in [2.75, 3.05) is 39.3 Å². The standard InChI is InChI=1S/3C4H10N.C2H5.H2N.Ta/c3*1-3-5-4-2;1-2;;/h3*3-4H2,1-2H3;1H2,2H3;1H2;/q5*-1;+5. The van der Waals surface area contributed by atoms with Gasteiger partial charge in [-0.15, -0.1) is 0 Å². The molecule has 0 aromatic carbocycles. The van der Waals surface area contributed by atoms with Gasteiger partial charge in [-0.1, -0.05) is 41.5 Å². The molecule has 0 spiro atoms. The summed E-state index contributed by atoms with van der Waals surface area (Å²) in [5.74, 6) is 0. The van der Waals surface area contributed by atoms with E-state index in [0.29, 0.717) is 0 Å². The molecule has 0 saturated carbocycles. The molecule has 0 aliphatic rings. The summed E-state index contributed by atoms with van der Waals surface area (Å²) in [7, 11) is 0. The molecule has 0 bridgehead atoms. The monoisotopic (exact) mass is 442 g/mol. The van der Waals surface area contributed by atoms with E-state index in [1.165, 1.54) is 0 Å². The van der Waals surface area contributed by atoms with E-state index in [4.69, 9.17) is 0 Å². The summed E-state index contributed by atoms with van der Waals surface area (Å²) < 4.78 is 0. The third-order valence-corrected chi connectivity index (χ3v) is 1.34. The Hall–Kier alpha value is 0.580. The van der Waals surface area contributed by atoms with Crippen molar-refractivity contribution in [3.8, 4) is 0 Å². The summed E-state index contributed by atoms with van der Waals surface area (Å²) in [6.45, 7) is 23.1. The molecule has 0 fully saturated rings. The van der Waals surface area contributed by atoms with Gasteiger partial charge in [-0.05, 0) is 0 Å². The summed E-state index contributed by atoms with van der Waals surface area (Å²) in [5.41, 5.74) is 0. The number of hydrogen-bond acceptors (Lipinski definition) is 0. The fourth-order valence-corrected chi connectivity index (χ4v) is 0.671. The second-order valence-corrected chi connectivity index (χ2v) is 2.57. The molecule has 0 rings (SSSR count). The molecule has 0 atom stereocenters. The van der Waals surface area contributed by atoms with Crippen molar-refractivity contribution in [3.63, 3.8) is 0 Å². The summed E-state index contributed by atoms with van der Waals surface area (Å²) in [5, 5.41) is 11.9. The van der Waals surface area contributed by atoms with Gasteiger partial charge in [-0.25, -0.2) is 0 Å². The Morgan fingerprint density at radius 3 is 0.632 bits per heavy atom. The third kappa shape index (κ3) is 118. The van der Waals surface area contributed by atoms with Gasteiger partial charge >= 0.3 is 22.4 Å². The van der Waals surface area contributed by atoms with Crippen molar-refractivity contribution in [3.05, 3.63) is 29.0 Å². The summed E-state index contributed by atoms with van der Waals surface area (Å²) in [4.78, 5) is 0. The number of nitrogens with zero attached hydrogens (tertiary/aromatic N) is 3. The average Bonchev–Trinajstić information content (AvgIpc) is 2.36. The largest absolute Gasteiger partial charge is 5.00 e. The van der Waals surface area contributed by atoms with E-state index in [1.54, 1.807) is 6.92 Å². The zero-order valence-corrected chi connectivity index (χ0v) is 17.5. The van der Waals surface area contributed by atoms with Gasteiger partial charge in [0.1, 0.15) is 0 Å². The quantitative estimate of drug-likeness (QED) is 0.470. The summed E-state index contributed by atoms with van der Waals surface area (Å²) in [6.07, 6.45) is 0. The predicted molar refractivity (Wildman–Crippen MR) is 89.6 cm³/mol. The van der Waals surface area contributed by atoms with E-state index in [0.717, 1.165) is 39.3 Å². The van der Waals surface area contributed by atoms with Gasteiger partial charge in [0.2, 0.25) is 0 Å². The Morgan fingerprint density at radius 2 is 0.632 bits per heavy atom. The Labute approximate surface area is 139 Å². The van der Waals surface area contributed by atoms with Crippen molar-refractivity contribution < 1.29 is 22.4 Å². The van der Waals surface area contributed by atoms with Crippen LogP contribution >= 0.6 is 0 Å². The molecule has 0 aliphatic carbocycles. The van der Waals surface area contributed by atoms with Crippen LogP contribution in [-0.4, -0.2) is 39.3 Å². The van der Waals surface area contributed by atoms with Gasteiger partial charge in [-0.2, -0.15) is 46.2 Å². The first-order valence-electron chi connectivity index (χ1n) is 6.85. The maximum Gasteiger partial charge on any atom is 5.00 e. The molecular formula is C14H37N4Ta. The Morgan fingerprint density at radius 1 is 0.526 bits per heavy atom. The molecule has 19 heavy (non-hydrogen) atoms. The molecule has 2 N–H and O–H groups in total. The average molecular weight is 442 g/mol. The van der Waals surface area contributed by atoms with E-state index in [9.17, 15) is 0 Å². The molecule has 0 radical (unpaired) electrons. The molecule has 118 valence electrons. The fourth-order valence-electron chi connectivity index (χ4n) is 0.671. The van der Waals surface area contributed by atoms with Gasteiger partial charge < -0.3 is 29.0 Å². The molecule has 0 amide bonds. The van der Waals surface area contributed by atoms with Crippen LogP contribution in [0.15, 0.2) is 0 Å². The molecule has 0 aromatic heterocycles. The maximum atomic E-state index is 3.97. The van der Waals surface area contributed by atoms with Crippen LogP contribution in [0.1, 0.15) is 48.5 Å². The smallest absolute Gasteiger partial charge is 0.693 e. The minimum atomic E-state index is 0. The first-order valence-corrected chi connectivity index (χ1v) is 6.85. The van der Waals surface area contributed by atoms with E-state index >= 15 is 0 Å². The molecule has 0 aliphatic heterocycles. The fraction of sp³-hybridized carbons (Fsp3) is 0.929. The topological polar surface area (TPSA) is 75.8 Å². The normalized spacial score (nSPS) is 6.95. The van der Waals surface area contributed by atoms with Gasteiger partial charge in [-0.3, -0.25) is 0 Å². The Bertz CT molecular complexity index is 56.2. The first-order chi connectivity index (χ1) is 8.24. The van der Waals surface area contributed by atoms with Crippen LogP contribution in [-0.2, 0) is 22.4 Å². The number of rotatable bonds is 6. The van der Waals surface area contributed by atoms with Crippen LogP contribution in [0.4, 0.5) is 0 Å². The third-order valence-electron chi connectivity index (χ3n) is 1.34. The molecule has 0 saturated heterocycles. The van der Waals surface area contributed by atoms with Gasteiger partial charge in [0.25, 0.3) is 0 Å². The van der Waals surface area contributed by atoms with Crippen LogP contribution in [0.25, 0.3) is 22.1 Å². The molecular weight excluding hydrogens is 405 g/mol. The summed E-state index contributed by atoms with van der Waals surface area (Å²) >= 11 is 0. The van der Waals surface area contributed by atoms with E-state index in [1.807, 2.05) is 41.5 Å². The minimum absolute atomic E-state index is 0. The van der Waals surface area contributed by atoms with Gasteiger partial charge in [0.05, 0.1) is 0 Å². The SMILES string of the molecule is CC[N-]CC.CC[N-]CC.CC[N-]CC.[CH2-]C.[NH2-].[Ta+5]. The Kier molecular flexibility index (Phi) is 121. The second kappa shape index (κ2) is 62.6. The van der Waals surface area contributed by atoms with Crippen molar-refractivity contribution in [1.82, 2.24) is 0 Å². The van der Waals surface area contributed by atoms with Crippen molar-refractivity contribution in [2.45, 2.75) is 48.5 Å². The first kappa shape index (κ1) is 36.7. The van der Waals surface area contributed by atoms with Gasteiger partial charge in [0.15, 0.2) is 0 Å². The zero-order chi connectivity index (χ0) is 14.4. The van der Waals surface area contributed by atoms with Crippen LogP contribution in [0.3, 0.4) is 0 Å². The van der Waals surface area contributed by atoms with E-state index < -0.39 is 0 Å². The van der Waals surface area contributed by atoms with Crippen LogP contribution < -0.4 is 0 Å². The van der Waals surface area contributed by atoms with Crippen LogP contribution in [0.5, 0.6) is 0 Å². The number of nitrogens with two attached hydrogens (primary N) is 1. The van der Waals surface area contributed by atoms with Crippen molar-refractivity contribution >= 4 is 0 Å². The molecule has 0 heterocycles. The van der Waals surface area contributed by atoms with Crippen LogP contribution in [0.2, 0.25) is 0 Å². The molecule has 5 heteroatoms. The second-order valence-electron chi connectivity index (χ2n) is 2.57. The molecule has 4 nitrogen and oxygen atoms in total. The van der Waals surface area contributed by atoms with Crippen molar-refractivity contribution in [2.24, 2.45) is 0 Å². The van der Waals surface area contributed by atoms with E-state index in [2.05, 4.69) is 22.9 Å². The molecule has 0 unspecified atom stereocenters. The molecule has 0 aromatic rings. The Balaban J connectivity index is -0.0000000298. The van der Waals surface area contributed by atoms with Crippen molar-refractivity contribution in [1.29, 1.82) is 0 Å². The predicted octanol–water partition coefficient (Wildman–Crippen LogP) is 5.75. The minimum Gasteiger partial charge on any atom is -0.693 e. The van der Waals surface area contributed by atoms with E-state index in [-0.39, 0.29) is 28.5 Å². The zero-order valence-electron chi connectivity index (χ0n) is 14.3. The summed E-state index contributed by atoms with van der Waals surface area (Å²) in [6, 6.07) is 0. The number of hydrogen-bond donors (Lipinski definition) is 0. The maximum absolute atomic E-state index is 3.97. The van der Waals surface area contributed by atoms with Gasteiger partial charge in [0, 0.05) is 0 Å². The van der Waals surface area contributed by atoms with Crippen LogP contribution in [0, 0.1) is 6.92 Å².